The van der Waals surface area contributed by atoms with E-state index in [-0.39, 0.29) is 11.9 Å². The van der Waals surface area contributed by atoms with Crippen molar-refractivity contribution >= 4 is 15.5 Å². The third-order valence-corrected chi connectivity index (χ3v) is 5.53. The van der Waals surface area contributed by atoms with Crippen LogP contribution in [0.25, 0.3) is 0 Å². The lowest BCUT2D eigenvalue weighted by Gasteiger charge is -2.29. The molecule has 1 unspecified atom stereocenters. The number of ether oxygens (including phenoxy) is 1. The largest absolute Gasteiger partial charge is 0.374 e. The average molecular weight is 312 g/mol. The number of benzene rings is 1. The molecule has 1 saturated heterocycles. The molecule has 0 radical (unpaired) electrons. The van der Waals surface area contributed by atoms with E-state index in [1.165, 1.54) is 0 Å². The van der Waals surface area contributed by atoms with Gasteiger partial charge in [0.2, 0.25) is 0 Å². The molecule has 1 aliphatic rings. The van der Waals surface area contributed by atoms with Gasteiger partial charge in [-0.3, -0.25) is 0 Å². The van der Waals surface area contributed by atoms with Gasteiger partial charge in [-0.1, -0.05) is 6.92 Å². The molecule has 0 aromatic heterocycles. The Bertz CT molecular complexity index is 537. The number of anilines is 1. The number of hydrogen-bond acceptors (Lipinski definition) is 5. The monoisotopic (exact) mass is 312 g/mol. The first-order valence-electron chi connectivity index (χ1n) is 7.39. The Hall–Kier alpha value is -1.11. The normalized spacial score (nSPS) is 19.4. The summed E-state index contributed by atoms with van der Waals surface area (Å²) in [7, 11) is -1.14. The Morgan fingerprint density at radius 1 is 1.33 bits per heavy atom. The second-order valence-corrected chi connectivity index (χ2v) is 7.50. The smallest absolute Gasteiger partial charge is 0.178 e. The molecule has 1 aliphatic heterocycles. The third kappa shape index (κ3) is 4.43. The second kappa shape index (κ2) is 7.24. The molecule has 0 amide bonds. The molecular formula is C15H24N2O3S. The van der Waals surface area contributed by atoms with E-state index in [1.807, 2.05) is 26.1 Å². The standard InChI is InChI=1S/C15H24N2O3S/c1-3-10-21(18,19)15-6-4-13(5-7-15)17(2)12-14-11-16-8-9-20-14/h4-7,14,16H,3,8-12H2,1-2H3. The highest BCUT2D eigenvalue weighted by Gasteiger charge is 2.17. The molecule has 0 spiro atoms. The zero-order chi connectivity index (χ0) is 15.3. The molecule has 1 fully saturated rings. The summed E-state index contributed by atoms with van der Waals surface area (Å²) in [5, 5.41) is 3.30. The minimum absolute atomic E-state index is 0.173. The topological polar surface area (TPSA) is 58.6 Å². The minimum Gasteiger partial charge on any atom is -0.374 e. The van der Waals surface area contributed by atoms with E-state index in [4.69, 9.17) is 4.74 Å². The first-order valence-corrected chi connectivity index (χ1v) is 9.04. The lowest BCUT2D eigenvalue weighted by Crippen LogP contribution is -2.44. The van der Waals surface area contributed by atoms with Crippen LogP contribution in [0.2, 0.25) is 0 Å². The summed E-state index contributed by atoms with van der Waals surface area (Å²) in [6.07, 6.45) is 0.808. The molecule has 1 aromatic carbocycles. The Balaban J connectivity index is 2.01. The van der Waals surface area contributed by atoms with Gasteiger partial charge in [0.1, 0.15) is 0 Å². The van der Waals surface area contributed by atoms with Crippen molar-refractivity contribution in [2.24, 2.45) is 0 Å². The van der Waals surface area contributed by atoms with Crippen molar-refractivity contribution in [3.05, 3.63) is 24.3 Å². The highest BCUT2D eigenvalue weighted by Crippen LogP contribution is 2.19. The number of likely N-dealkylation sites (N-methyl/N-ethyl adjacent to an activating group) is 1. The zero-order valence-corrected chi connectivity index (χ0v) is 13.5. The van der Waals surface area contributed by atoms with Gasteiger partial charge in [0.25, 0.3) is 0 Å². The van der Waals surface area contributed by atoms with E-state index < -0.39 is 9.84 Å². The van der Waals surface area contributed by atoms with E-state index in [0.717, 1.165) is 31.9 Å². The van der Waals surface area contributed by atoms with Crippen molar-refractivity contribution in [2.75, 3.05) is 43.9 Å². The second-order valence-electron chi connectivity index (χ2n) is 5.39. The van der Waals surface area contributed by atoms with Crippen molar-refractivity contribution in [3.63, 3.8) is 0 Å². The summed E-state index contributed by atoms with van der Waals surface area (Å²) in [5.74, 6) is 0.198. The fraction of sp³-hybridized carbons (Fsp3) is 0.600. The van der Waals surface area contributed by atoms with Crippen LogP contribution in [-0.2, 0) is 14.6 Å². The summed E-state index contributed by atoms with van der Waals surface area (Å²) in [4.78, 5) is 2.49. The predicted molar refractivity (Wildman–Crippen MR) is 84.7 cm³/mol. The average Bonchev–Trinajstić information content (AvgIpc) is 2.48. The lowest BCUT2D eigenvalue weighted by molar-refractivity contribution is 0.0340. The summed E-state index contributed by atoms with van der Waals surface area (Å²) in [6.45, 7) is 5.16. The van der Waals surface area contributed by atoms with Crippen LogP contribution in [0.3, 0.4) is 0 Å². The maximum Gasteiger partial charge on any atom is 0.178 e. The number of hydrogen-bond donors (Lipinski definition) is 1. The molecule has 5 nitrogen and oxygen atoms in total. The van der Waals surface area contributed by atoms with Crippen LogP contribution >= 0.6 is 0 Å². The number of nitrogens with zero attached hydrogens (tertiary/aromatic N) is 1. The van der Waals surface area contributed by atoms with Crippen LogP contribution in [0.15, 0.2) is 29.2 Å². The van der Waals surface area contributed by atoms with Crippen LogP contribution in [0.1, 0.15) is 13.3 Å². The Labute approximate surface area is 127 Å². The number of nitrogens with one attached hydrogen (secondary N) is 1. The SMILES string of the molecule is CCCS(=O)(=O)c1ccc(N(C)CC2CNCCO2)cc1. The number of rotatable bonds is 6. The van der Waals surface area contributed by atoms with Crippen LogP contribution in [0, 0.1) is 0 Å². The van der Waals surface area contributed by atoms with Crippen LogP contribution < -0.4 is 10.2 Å². The van der Waals surface area contributed by atoms with Crippen molar-refractivity contribution in [2.45, 2.75) is 24.3 Å². The molecule has 2 rings (SSSR count). The van der Waals surface area contributed by atoms with E-state index in [2.05, 4.69) is 10.2 Å². The Morgan fingerprint density at radius 2 is 2.05 bits per heavy atom. The molecule has 1 N–H and O–H groups in total. The van der Waals surface area contributed by atoms with E-state index in [1.54, 1.807) is 12.1 Å². The molecule has 1 heterocycles. The van der Waals surface area contributed by atoms with Crippen LogP contribution in [0.4, 0.5) is 5.69 Å². The van der Waals surface area contributed by atoms with Crippen molar-refractivity contribution in [1.82, 2.24) is 5.32 Å². The Morgan fingerprint density at radius 3 is 2.62 bits per heavy atom. The van der Waals surface area contributed by atoms with Gasteiger partial charge in [0, 0.05) is 32.4 Å². The minimum atomic E-state index is -3.13. The van der Waals surface area contributed by atoms with Crippen LogP contribution in [0.5, 0.6) is 0 Å². The number of sulfone groups is 1. The molecule has 1 atom stereocenters. The molecule has 0 aliphatic carbocycles. The van der Waals surface area contributed by atoms with E-state index in [0.29, 0.717) is 11.3 Å². The first kappa shape index (κ1) is 16.3. The highest BCUT2D eigenvalue weighted by molar-refractivity contribution is 7.91. The molecule has 0 bridgehead atoms. The fourth-order valence-corrected chi connectivity index (χ4v) is 3.77. The van der Waals surface area contributed by atoms with Crippen molar-refractivity contribution in [3.8, 4) is 0 Å². The van der Waals surface area contributed by atoms with Gasteiger partial charge in [0.15, 0.2) is 9.84 Å². The molecule has 21 heavy (non-hydrogen) atoms. The lowest BCUT2D eigenvalue weighted by atomic mass is 10.2. The highest BCUT2D eigenvalue weighted by atomic mass is 32.2. The van der Waals surface area contributed by atoms with Gasteiger partial charge in [-0.05, 0) is 30.7 Å². The molecule has 0 saturated carbocycles. The van der Waals surface area contributed by atoms with Gasteiger partial charge in [-0.2, -0.15) is 0 Å². The third-order valence-electron chi connectivity index (χ3n) is 3.59. The molecule has 6 heteroatoms. The maximum atomic E-state index is 12.0. The molecular weight excluding hydrogens is 288 g/mol. The van der Waals surface area contributed by atoms with Crippen molar-refractivity contribution < 1.29 is 13.2 Å². The fourth-order valence-electron chi connectivity index (χ4n) is 2.44. The molecule has 1 aromatic rings. The maximum absolute atomic E-state index is 12.0. The zero-order valence-electron chi connectivity index (χ0n) is 12.7. The summed E-state index contributed by atoms with van der Waals surface area (Å²) in [5.41, 5.74) is 1.000. The summed E-state index contributed by atoms with van der Waals surface area (Å²) in [6, 6.07) is 7.10. The van der Waals surface area contributed by atoms with Gasteiger partial charge in [-0.25, -0.2) is 8.42 Å². The van der Waals surface area contributed by atoms with Crippen LogP contribution in [-0.4, -0.2) is 53.6 Å². The summed E-state index contributed by atoms with van der Waals surface area (Å²) < 4.78 is 29.7. The Kier molecular flexibility index (Phi) is 5.61. The van der Waals surface area contributed by atoms with E-state index >= 15 is 0 Å². The van der Waals surface area contributed by atoms with E-state index in [9.17, 15) is 8.42 Å². The number of morpholine rings is 1. The quantitative estimate of drug-likeness (QED) is 0.858. The predicted octanol–water partition coefficient (Wildman–Crippen LogP) is 1.29. The van der Waals surface area contributed by atoms with Gasteiger partial charge < -0.3 is 15.0 Å². The first-order chi connectivity index (χ1) is 10.0. The van der Waals surface area contributed by atoms with Gasteiger partial charge >= 0.3 is 0 Å². The van der Waals surface area contributed by atoms with Crippen molar-refractivity contribution in [1.29, 1.82) is 0 Å². The summed E-state index contributed by atoms with van der Waals surface area (Å²) >= 11 is 0. The van der Waals surface area contributed by atoms with Gasteiger partial charge in [0.05, 0.1) is 23.4 Å². The van der Waals surface area contributed by atoms with Gasteiger partial charge in [-0.15, -0.1) is 0 Å². The molecule has 118 valence electrons.